The smallest absolute Gasteiger partial charge is 0.108 e. The van der Waals surface area contributed by atoms with Gasteiger partial charge in [0.05, 0.1) is 6.10 Å². The number of aliphatic hydroxyl groups is 1. The second-order valence-electron chi connectivity index (χ2n) is 2.55. The molecule has 0 saturated heterocycles. The van der Waals surface area contributed by atoms with Gasteiger partial charge in [-0.25, -0.2) is 4.89 Å². The molecule has 0 saturated carbocycles. The zero-order valence-electron chi connectivity index (χ0n) is 6.92. The molecule has 0 heterocycles. The number of aliphatic hydroxyl groups excluding tert-OH is 1. The van der Waals surface area contributed by atoms with Gasteiger partial charge in [-0.15, -0.1) is 0 Å². The Morgan fingerprint density at radius 3 is 2.73 bits per heavy atom. The van der Waals surface area contributed by atoms with Crippen molar-refractivity contribution in [3.63, 3.8) is 0 Å². The molecule has 0 spiro atoms. The molecule has 4 nitrogen and oxygen atoms in total. The van der Waals surface area contributed by atoms with Crippen molar-refractivity contribution < 1.29 is 15.3 Å². The van der Waals surface area contributed by atoms with Crippen molar-refractivity contribution in [3.8, 4) is 0 Å². The highest BCUT2D eigenvalue weighted by Crippen LogP contribution is 1.99. The molecular weight excluding hydrogens is 146 g/mol. The van der Waals surface area contributed by atoms with Crippen LogP contribution in [0.1, 0.15) is 19.3 Å². The summed E-state index contributed by atoms with van der Waals surface area (Å²) in [5, 5.41) is 20.0. The van der Waals surface area contributed by atoms with E-state index in [2.05, 4.69) is 10.2 Å². The van der Waals surface area contributed by atoms with Crippen molar-refractivity contribution in [2.75, 3.05) is 20.2 Å². The Morgan fingerprint density at radius 1 is 1.45 bits per heavy atom. The number of hydrogen-bond donors (Lipinski definition) is 3. The van der Waals surface area contributed by atoms with Crippen molar-refractivity contribution in [2.24, 2.45) is 0 Å². The highest BCUT2D eigenvalue weighted by Gasteiger charge is 2.02. The van der Waals surface area contributed by atoms with Crippen LogP contribution in [0.15, 0.2) is 0 Å². The first-order chi connectivity index (χ1) is 5.31. The van der Waals surface area contributed by atoms with Crippen molar-refractivity contribution in [3.05, 3.63) is 0 Å². The Balaban J connectivity index is 2.97. The first-order valence-electron chi connectivity index (χ1n) is 3.90. The first-order valence-corrected chi connectivity index (χ1v) is 3.90. The fraction of sp³-hybridized carbons (Fsp3) is 1.00. The summed E-state index contributed by atoms with van der Waals surface area (Å²) in [5.74, 6) is 0. The van der Waals surface area contributed by atoms with Gasteiger partial charge in [-0.1, -0.05) is 0 Å². The molecule has 11 heavy (non-hydrogen) atoms. The van der Waals surface area contributed by atoms with E-state index >= 15 is 0 Å². The van der Waals surface area contributed by atoms with E-state index in [1.54, 1.807) is 0 Å². The van der Waals surface area contributed by atoms with Crippen molar-refractivity contribution in [2.45, 2.75) is 25.4 Å². The largest absolute Gasteiger partial charge is 0.391 e. The number of rotatable bonds is 7. The van der Waals surface area contributed by atoms with E-state index in [0.717, 1.165) is 19.4 Å². The molecule has 0 aliphatic carbocycles. The van der Waals surface area contributed by atoms with E-state index < -0.39 is 6.10 Å². The van der Waals surface area contributed by atoms with Crippen LogP contribution >= 0.6 is 0 Å². The Labute approximate surface area is 67.1 Å². The molecule has 1 atom stereocenters. The van der Waals surface area contributed by atoms with Crippen molar-refractivity contribution in [1.82, 2.24) is 5.32 Å². The summed E-state index contributed by atoms with van der Waals surface area (Å²) >= 11 is 0. The second kappa shape index (κ2) is 7.94. The van der Waals surface area contributed by atoms with E-state index in [1.807, 2.05) is 7.05 Å². The molecule has 1 unspecified atom stereocenters. The molecule has 3 N–H and O–H groups in total. The van der Waals surface area contributed by atoms with Crippen LogP contribution in [0.3, 0.4) is 0 Å². The maximum Gasteiger partial charge on any atom is 0.108 e. The predicted molar refractivity (Wildman–Crippen MR) is 42.4 cm³/mol. The van der Waals surface area contributed by atoms with Gasteiger partial charge >= 0.3 is 0 Å². The summed E-state index contributed by atoms with van der Waals surface area (Å²) in [7, 11) is 1.90. The molecule has 68 valence electrons. The normalized spacial score (nSPS) is 13.4. The van der Waals surface area contributed by atoms with Crippen LogP contribution in [-0.4, -0.2) is 36.7 Å². The number of unbranched alkanes of at least 4 members (excludes halogenated alkanes) is 1. The van der Waals surface area contributed by atoms with Crippen LogP contribution in [0.2, 0.25) is 0 Å². The molecule has 0 fully saturated rings. The van der Waals surface area contributed by atoms with Crippen LogP contribution < -0.4 is 5.32 Å². The summed E-state index contributed by atoms with van der Waals surface area (Å²) in [6.07, 6.45) is 2.14. The Kier molecular flexibility index (Phi) is 7.83. The number of nitrogens with one attached hydrogen (secondary N) is 1. The topological polar surface area (TPSA) is 61.7 Å². The van der Waals surface area contributed by atoms with Gasteiger partial charge < -0.3 is 10.4 Å². The van der Waals surface area contributed by atoms with E-state index in [4.69, 9.17) is 10.4 Å². The molecule has 0 bridgehead atoms. The first kappa shape index (κ1) is 10.8. The van der Waals surface area contributed by atoms with Gasteiger partial charge in [0.25, 0.3) is 0 Å². The maximum absolute atomic E-state index is 9.04. The fourth-order valence-electron chi connectivity index (χ4n) is 0.851. The highest BCUT2D eigenvalue weighted by atomic mass is 17.1. The summed E-state index contributed by atoms with van der Waals surface area (Å²) < 4.78 is 0. The van der Waals surface area contributed by atoms with E-state index in [9.17, 15) is 0 Å². The molecule has 0 amide bonds. The molecular formula is C7H17NO3. The quantitative estimate of drug-likeness (QED) is 0.285. The fourth-order valence-corrected chi connectivity index (χ4v) is 0.851. The van der Waals surface area contributed by atoms with Gasteiger partial charge in [-0.2, -0.15) is 0 Å². The molecule has 0 aliphatic rings. The Hall–Kier alpha value is -0.160. The zero-order chi connectivity index (χ0) is 8.53. The third-order valence-electron chi connectivity index (χ3n) is 1.48. The van der Waals surface area contributed by atoms with Crippen molar-refractivity contribution in [1.29, 1.82) is 0 Å². The zero-order valence-corrected chi connectivity index (χ0v) is 6.92. The van der Waals surface area contributed by atoms with E-state index in [0.29, 0.717) is 6.42 Å². The van der Waals surface area contributed by atoms with Crippen LogP contribution in [-0.2, 0) is 4.89 Å². The molecule has 4 heteroatoms. The van der Waals surface area contributed by atoms with Gasteiger partial charge in [-0.05, 0) is 32.9 Å². The monoisotopic (exact) mass is 163 g/mol. The van der Waals surface area contributed by atoms with Crippen LogP contribution in [0.25, 0.3) is 0 Å². The van der Waals surface area contributed by atoms with Gasteiger partial charge in [0.15, 0.2) is 0 Å². The third-order valence-corrected chi connectivity index (χ3v) is 1.48. The van der Waals surface area contributed by atoms with Gasteiger partial charge in [0, 0.05) is 0 Å². The summed E-state index contributed by atoms with van der Waals surface area (Å²) in [6.45, 7) is 0.978. The maximum atomic E-state index is 9.04. The van der Waals surface area contributed by atoms with Crippen LogP contribution in [0.4, 0.5) is 0 Å². The molecule has 0 aromatic rings. The van der Waals surface area contributed by atoms with E-state index in [1.165, 1.54) is 0 Å². The lowest BCUT2D eigenvalue weighted by molar-refractivity contribution is -0.257. The number of hydrogen-bond acceptors (Lipinski definition) is 4. The average Bonchev–Trinajstić information content (AvgIpc) is 1.99. The molecule has 0 rings (SSSR count). The third kappa shape index (κ3) is 7.74. The highest BCUT2D eigenvalue weighted by molar-refractivity contribution is 4.53. The second-order valence-corrected chi connectivity index (χ2v) is 2.55. The molecule has 0 aromatic carbocycles. The van der Waals surface area contributed by atoms with E-state index in [-0.39, 0.29) is 6.61 Å². The van der Waals surface area contributed by atoms with Crippen LogP contribution in [0.5, 0.6) is 0 Å². The lowest BCUT2D eigenvalue weighted by atomic mass is 10.1. The van der Waals surface area contributed by atoms with Gasteiger partial charge in [0.1, 0.15) is 6.61 Å². The minimum atomic E-state index is -0.531. The average molecular weight is 163 g/mol. The lowest BCUT2D eigenvalue weighted by Crippen LogP contribution is -2.15. The van der Waals surface area contributed by atoms with Gasteiger partial charge in [-0.3, -0.25) is 5.26 Å². The predicted octanol–water partition coefficient (Wildman–Crippen LogP) is 0.227. The molecule has 0 radical (unpaired) electrons. The SMILES string of the molecule is CNCCCCC(O)COO. The molecule has 0 aromatic heterocycles. The lowest BCUT2D eigenvalue weighted by Gasteiger charge is -2.06. The van der Waals surface area contributed by atoms with Crippen molar-refractivity contribution >= 4 is 0 Å². The minimum absolute atomic E-state index is 0.0134. The minimum Gasteiger partial charge on any atom is -0.391 e. The summed E-state index contributed by atoms with van der Waals surface area (Å²) in [4.78, 5) is 3.80. The summed E-state index contributed by atoms with van der Waals surface area (Å²) in [6, 6.07) is 0. The standard InChI is InChI=1S/C7H17NO3/c1-8-5-3-2-4-7(9)6-11-10/h7-10H,2-6H2,1H3. The Morgan fingerprint density at radius 2 is 2.18 bits per heavy atom. The Bertz CT molecular complexity index is 80.1. The molecule has 0 aliphatic heterocycles. The summed E-state index contributed by atoms with van der Waals surface area (Å²) in [5.41, 5.74) is 0. The van der Waals surface area contributed by atoms with Gasteiger partial charge in [0.2, 0.25) is 0 Å². The van der Waals surface area contributed by atoms with Crippen LogP contribution in [0, 0.1) is 0 Å².